The van der Waals surface area contributed by atoms with Crippen LogP contribution in [-0.4, -0.2) is 0 Å². The first-order valence-electron chi connectivity index (χ1n) is 9.42. The number of pyridine rings is 1. The van der Waals surface area contributed by atoms with Crippen LogP contribution in [0, 0.1) is 0 Å². The Kier molecular flexibility index (Phi) is 3.72. The molecule has 1 aliphatic carbocycles. The van der Waals surface area contributed by atoms with Crippen molar-refractivity contribution in [2.24, 2.45) is 0 Å². The molecule has 1 aromatic carbocycles. The van der Waals surface area contributed by atoms with E-state index >= 15 is 0 Å². The Morgan fingerprint density at radius 2 is 1.80 bits per heavy atom. The molecule has 2 aromatic rings. The van der Waals surface area contributed by atoms with Crippen molar-refractivity contribution in [3.8, 4) is 11.3 Å². The van der Waals surface area contributed by atoms with Crippen molar-refractivity contribution in [2.45, 2.75) is 57.9 Å². The normalized spacial score (nSPS) is 19.8. The van der Waals surface area contributed by atoms with E-state index in [-0.39, 0.29) is 11.0 Å². The van der Waals surface area contributed by atoms with Crippen LogP contribution in [0.25, 0.3) is 11.3 Å². The molecule has 0 saturated heterocycles. The second-order valence-electron chi connectivity index (χ2n) is 8.42. The van der Waals surface area contributed by atoms with Gasteiger partial charge in [0.1, 0.15) is 0 Å². The lowest BCUT2D eigenvalue weighted by Gasteiger charge is -2.43. The first-order valence-corrected chi connectivity index (χ1v) is 9.42. The van der Waals surface area contributed by atoms with Gasteiger partial charge in [0.05, 0.1) is 11.0 Å². The van der Waals surface area contributed by atoms with Crippen molar-refractivity contribution in [3.63, 3.8) is 0 Å². The number of fused-ring (bicyclic) bond motifs is 3. The maximum Gasteiger partial charge on any atom is 0.213 e. The summed E-state index contributed by atoms with van der Waals surface area (Å²) in [5.41, 5.74) is 7.24. The van der Waals surface area contributed by atoms with E-state index in [1.54, 1.807) is 0 Å². The topological polar surface area (TPSA) is 3.88 Å². The van der Waals surface area contributed by atoms with Crippen molar-refractivity contribution in [3.05, 3.63) is 77.5 Å². The van der Waals surface area contributed by atoms with Crippen LogP contribution in [0.1, 0.15) is 51.7 Å². The molecule has 0 atom stereocenters. The van der Waals surface area contributed by atoms with E-state index in [2.05, 4.69) is 93.1 Å². The number of aromatic nitrogens is 1. The number of rotatable bonds is 2. The molecule has 0 spiro atoms. The molecule has 25 heavy (non-hydrogen) atoms. The molecule has 2 heterocycles. The van der Waals surface area contributed by atoms with Crippen LogP contribution in [0.5, 0.6) is 0 Å². The quantitative estimate of drug-likeness (QED) is 0.641. The van der Waals surface area contributed by atoms with Crippen LogP contribution in [-0.2, 0) is 17.4 Å². The predicted octanol–water partition coefficient (Wildman–Crippen LogP) is 5.49. The largest absolute Gasteiger partial charge is 0.213 e. The predicted molar refractivity (Wildman–Crippen MR) is 105 cm³/mol. The summed E-state index contributed by atoms with van der Waals surface area (Å²) in [7, 11) is 0. The zero-order valence-electron chi connectivity index (χ0n) is 15.8. The van der Waals surface area contributed by atoms with E-state index in [1.165, 1.54) is 40.8 Å². The third-order valence-corrected chi connectivity index (χ3v) is 6.54. The van der Waals surface area contributed by atoms with Crippen LogP contribution in [0.4, 0.5) is 0 Å². The monoisotopic (exact) mass is 330 g/mol. The Labute approximate surface area is 151 Å². The van der Waals surface area contributed by atoms with E-state index < -0.39 is 0 Å². The van der Waals surface area contributed by atoms with Gasteiger partial charge in [-0.1, -0.05) is 36.4 Å². The molecule has 1 aromatic heterocycles. The lowest BCUT2D eigenvalue weighted by Crippen LogP contribution is -2.65. The van der Waals surface area contributed by atoms with Gasteiger partial charge in [0.15, 0.2) is 11.7 Å². The standard InChI is InChI=1S/C24H28N/c1-23(2)20-14-10-13-19(17-18-11-6-5-7-12-18)22(20)21-15-8-9-16-25(21)24(23,3)4/h6,8-16H,5,7,17H2,1-4H3/q+1. The van der Waals surface area contributed by atoms with Gasteiger partial charge in [0.2, 0.25) is 5.69 Å². The highest BCUT2D eigenvalue weighted by molar-refractivity contribution is 5.70. The SMILES string of the molecule is CC1(C)c2cccc(CC3=CCCC=C3)c2-c2cccc[n+]2C1(C)C. The second kappa shape index (κ2) is 5.69. The van der Waals surface area contributed by atoms with Gasteiger partial charge in [0.25, 0.3) is 0 Å². The molecule has 0 amide bonds. The van der Waals surface area contributed by atoms with E-state index in [1.807, 2.05) is 0 Å². The summed E-state index contributed by atoms with van der Waals surface area (Å²) in [6.07, 6.45) is 12.6. The third kappa shape index (κ3) is 2.40. The van der Waals surface area contributed by atoms with Crippen molar-refractivity contribution in [1.29, 1.82) is 0 Å². The van der Waals surface area contributed by atoms with Gasteiger partial charge in [-0.2, -0.15) is 4.57 Å². The molecule has 1 heteroatoms. The third-order valence-electron chi connectivity index (χ3n) is 6.54. The smallest absolute Gasteiger partial charge is 0.193 e. The molecule has 1 aliphatic heterocycles. The van der Waals surface area contributed by atoms with Gasteiger partial charge in [-0.15, -0.1) is 0 Å². The molecule has 0 N–H and O–H groups in total. The van der Waals surface area contributed by atoms with Crippen LogP contribution in [0.3, 0.4) is 0 Å². The van der Waals surface area contributed by atoms with Crippen LogP contribution in [0.15, 0.2) is 66.4 Å². The summed E-state index contributed by atoms with van der Waals surface area (Å²) in [5, 5.41) is 0. The zero-order valence-corrected chi connectivity index (χ0v) is 15.8. The van der Waals surface area contributed by atoms with Crippen molar-refractivity contribution in [2.75, 3.05) is 0 Å². The summed E-state index contributed by atoms with van der Waals surface area (Å²) in [6, 6.07) is 13.5. The average Bonchev–Trinajstić information content (AvgIpc) is 2.61. The van der Waals surface area contributed by atoms with Gasteiger partial charge in [-0.05, 0) is 55.9 Å². The molecule has 1 nitrogen and oxygen atoms in total. The summed E-state index contributed by atoms with van der Waals surface area (Å²) in [4.78, 5) is 0. The maximum atomic E-state index is 2.48. The van der Waals surface area contributed by atoms with Crippen molar-refractivity contribution < 1.29 is 4.57 Å². The fraction of sp³-hybridized carbons (Fsp3) is 0.375. The summed E-state index contributed by atoms with van der Waals surface area (Å²) < 4.78 is 2.48. The number of hydrogen-bond acceptors (Lipinski definition) is 0. The zero-order chi connectivity index (χ0) is 17.7. The minimum absolute atomic E-state index is 0.0270. The molecule has 2 aliphatic rings. The molecule has 0 fully saturated rings. The molecule has 128 valence electrons. The van der Waals surface area contributed by atoms with Crippen LogP contribution in [0.2, 0.25) is 0 Å². The minimum atomic E-state index is 0.0270. The summed E-state index contributed by atoms with van der Waals surface area (Å²) in [5.74, 6) is 0. The highest BCUT2D eigenvalue weighted by atomic mass is 15.1. The van der Waals surface area contributed by atoms with Gasteiger partial charge in [-0.25, -0.2) is 0 Å². The van der Waals surface area contributed by atoms with E-state index in [0.717, 1.165) is 6.42 Å². The second-order valence-corrected chi connectivity index (χ2v) is 8.42. The molecule has 0 unspecified atom stereocenters. The van der Waals surface area contributed by atoms with Gasteiger partial charge in [0, 0.05) is 26.0 Å². The maximum absolute atomic E-state index is 2.48. The lowest BCUT2D eigenvalue weighted by molar-refractivity contribution is -0.760. The fourth-order valence-electron chi connectivity index (χ4n) is 4.35. The minimum Gasteiger partial charge on any atom is -0.193 e. The highest BCUT2D eigenvalue weighted by Crippen LogP contribution is 2.46. The van der Waals surface area contributed by atoms with E-state index in [0.29, 0.717) is 0 Å². The first-order chi connectivity index (χ1) is 11.9. The van der Waals surface area contributed by atoms with Gasteiger partial charge < -0.3 is 0 Å². The first kappa shape index (κ1) is 16.3. The Hall–Kier alpha value is -2.15. The molecular weight excluding hydrogens is 302 g/mol. The number of benzene rings is 1. The fourth-order valence-corrected chi connectivity index (χ4v) is 4.35. The Morgan fingerprint density at radius 3 is 2.56 bits per heavy atom. The Bertz CT molecular complexity index is 881. The highest BCUT2D eigenvalue weighted by Gasteiger charge is 2.52. The summed E-state index contributed by atoms with van der Waals surface area (Å²) >= 11 is 0. The Balaban J connectivity index is 1.94. The van der Waals surface area contributed by atoms with Gasteiger partial charge in [-0.3, -0.25) is 0 Å². The van der Waals surface area contributed by atoms with E-state index in [4.69, 9.17) is 0 Å². The number of nitrogens with zero attached hydrogens (tertiary/aromatic N) is 1. The molecule has 0 saturated carbocycles. The van der Waals surface area contributed by atoms with Crippen LogP contribution < -0.4 is 4.57 Å². The van der Waals surface area contributed by atoms with E-state index in [9.17, 15) is 0 Å². The molecular formula is C24H28N+. The Morgan fingerprint density at radius 1 is 0.960 bits per heavy atom. The number of allylic oxidation sites excluding steroid dienone is 4. The van der Waals surface area contributed by atoms with Crippen molar-refractivity contribution in [1.82, 2.24) is 0 Å². The molecule has 0 radical (unpaired) electrons. The molecule has 0 bridgehead atoms. The lowest BCUT2D eigenvalue weighted by atomic mass is 9.64. The van der Waals surface area contributed by atoms with Crippen LogP contribution >= 0.6 is 0 Å². The average molecular weight is 330 g/mol. The van der Waals surface area contributed by atoms with Crippen molar-refractivity contribution >= 4 is 0 Å². The number of hydrogen-bond donors (Lipinski definition) is 0. The van der Waals surface area contributed by atoms with Gasteiger partial charge >= 0.3 is 0 Å². The molecule has 4 rings (SSSR count). The summed E-state index contributed by atoms with van der Waals surface area (Å²) in [6.45, 7) is 9.49.